The van der Waals surface area contributed by atoms with E-state index in [4.69, 9.17) is 5.11 Å². The summed E-state index contributed by atoms with van der Waals surface area (Å²) < 4.78 is 0. The van der Waals surface area contributed by atoms with Crippen molar-refractivity contribution in [3.63, 3.8) is 0 Å². The number of rotatable bonds is 1. The van der Waals surface area contributed by atoms with Crippen molar-refractivity contribution >= 4 is 5.97 Å². The first-order chi connectivity index (χ1) is 10.7. The number of benzene rings is 2. The van der Waals surface area contributed by atoms with Gasteiger partial charge in [-0.25, -0.2) is 0 Å². The second kappa shape index (κ2) is 11.6. The Labute approximate surface area is 134 Å². The standard InChI is InChI=1S/C13H10.C3H6O2.2C2H6/c1-3-7-12-10(5-1)9-11-6-2-4-8-13(11)12;1-2-3(4)5;2*1-2/h1-8H,9H2;2H2,1H3,(H,4,5);2*1-2H3. The Morgan fingerprint density at radius 1 is 0.864 bits per heavy atom. The molecule has 1 aliphatic rings. The van der Waals surface area contributed by atoms with Crippen LogP contribution in [0.25, 0.3) is 11.1 Å². The van der Waals surface area contributed by atoms with Crippen molar-refractivity contribution in [2.24, 2.45) is 0 Å². The molecular weight excluding hydrogens is 272 g/mol. The van der Waals surface area contributed by atoms with Gasteiger partial charge in [0.15, 0.2) is 0 Å². The number of hydrogen-bond acceptors (Lipinski definition) is 1. The fourth-order valence-corrected chi connectivity index (χ4v) is 2.08. The molecule has 0 unspecified atom stereocenters. The van der Waals surface area contributed by atoms with Gasteiger partial charge in [-0.2, -0.15) is 0 Å². The third-order valence-corrected chi connectivity index (χ3v) is 3.01. The van der Waals surface area contributed by atoms with Gasteiger partial charge in [0.1, 0.15) is 0 Å². The predicted molar refractivity (Wildman–Crippen MR) is 95.3 cm³/mol. The zero-order chi connectivity index (χ0) is 17.0. The largest absolute Gasteiger partial charge is 0.481 e. The minimum atomic E-state index is -0.745. The van der Waals surface area contributed by atoms with Crippen LogP contribution in [0.5, 0.6) is 0 Å². The van der Waals surface area contributed by atoms with Crippen molar-refractivity contribution in [2.45, 2.75) is 47.5 Å². The minimum Gasteiger partial charge on any atom is -0.481 e. The van der Waals surface area contributed by atoms with E-state index in [1.807, 2.05) is 27.7 Å². The fourth-order valence-electron chi connectivity index (χ4n) is 2.08. The molecule has 0 aromatic heterocycles. The van der Waals surface area contributed by atoms with Crippen LogP contribution in [-0.4, -0.2) is 11.1 Å². The van der Waals surface area contributed by atoms with Crippen molar-refractivity contribution in [1.82, 2.24) is 0 Å². The van der Waals surface area contributed by atoms with E-state index in [0.29, 0.717) is 0 Å². The Morgan fingerprint density at radius 2 is 1.18 bits per heavy atom. The average Bonchev–Trinajstić information content (AvgIpc) is 2.97. The van der Waals surface area contributed by atoms with Gasteiger partial charge in [-0.05, 0) is 28.7 Å². The van der Waals surface area contributed by atoms with Crippen molar-refractivity contribution in [3.05, 3.63) is 59.7 Å². The quantitative estimate of drug-likeness (QED) is 0.617. The third-order valence-electron chi connectivity index (χ3n) is 3.01. The van der Waals surface area contributed by atoms with Gasteiger partial charge in [-0.1, -0.05) is 83.1 Å². The molecule has 0 radical (unpaired) electrons. The maximum Gasteiger partial charge on any atom is 0.303 e. The van der Waals surface area contributed by atoms with E-state index in [0.717, 1.165) is 6.42 Å². The molecule has 0 heterocycles. The zero-order valence-electron chi connectivity index (χ0n) is 14.4. The van der Waals surface area contributed by atoms with Gasteiger partial charge >= 0.3 is 5.97 Å². The molecule has 2 heteroatoms. The van der Waals surface area contributed by atoms with Crippen LogP contribution in [0.3, 0.4) is 0 Å². The summed E-state index contributed by atoms with van der Waals surface area (Å²) in [5.41, 5.74) is 5.75. The number of carbonyl (C=O) groups is 1. The van der Waals surface area contributed by atoms with E-state index in [9.17, 15) is 4.79 Å². The molecule has 0 saturated heterocycles. The van der Waals surface area contributed by atoms with E-state index in [-0.39, 0.29) is 6.42 Å². The SMILES string of the molecule is CC.CC.CCC(=O)O.c1ccc2c(c1)Cc1ccccc1-2. The first-order valence-corrected chi connectivity index (χ1v) is 8.10. The van der Waals surface area contributed by atoms with Crippen LogP contribution in [0.2, 0.25) is 0 Å². The van der Waals surface area contributed by atoms with Crippen LogP contribution in [0.1, 0.15) is 52.2 Å². The molecule has 2 aromatic carbocycles. The highest BCUT2D eigenvalue weighted by Crippen LogP contribution is 2.35. The average molecular weight is 300 g/mol. The molecule has 2 aromatic rings. The van der Waals surface area contributed by atoms with Gasteiger partial charge in [0.05, 0.1) is 0 Å². The predicted octanol–water partition coefficient (Wildman–Crippen LogP) is 5.79. The smallest absolute Gasteiger partial charge is 0.303 e. The van der Waals surface area contributed by atoms with Crippen molar-refractivity contribution in [1.29, 1.82) is 0 Å². The number of fused-ring (bicyclic) bond motifs is 3. The molecule has 1 aliphatic carbocycles. The van der Waals surface area contributed by atoms with E-state index >= 15 is 0 Å². The van der Waals surface area contributed by atoms with Gasteiger partial charge in [0, 0.05) is 6.42 Å². The molecule has 3 rings (SSSR count). The number of hydrogen-bond donors (Lipinski definition) is 1. The van der Waals surface area contributed by atoms with E-state index in [1.54, 1.807) is 6.92 Å². The highest BCUT2D eigenvalue weighted by molar-refractivity contribution is 5.76. The van der Waals surface area contributed by atoms with Crippen LogP contribution in [0.4, 0.5) is 0 Å². The van der Waals surface area contributed by atoms with Gasteiger partial charge in [-0.3, -0.25) is 4.79 Å². The van der Waals surface area contributed by atoms with Gasteiger partial charge in [0.2, 0.25) is 0 Å². The van der Waals surface area contributed by atoms with E-state index in [2.05, 4.69) is 48.5 Å². The van der Waals surface area contributed by atoms with Crippen LogP contribution in [0, 0.1) is 0 Å². The molecule has 2 nitrogen and oxygen atoms in total. The Morgan fingerprint density at radius 3 is 1.50 bits per heavy atom. The minimum absolute atomic E-state index is 0.222. The van der Waals surface area contributed by atoms with Crippen LogP contribution in [0.15, 0.2) is 48.5 Å². The number of carboxylic acids is 1. The summed E-state index contributed by atoms with van der Waals surface area (Å²) in [6, 6.07) is 17.3. The summed E-state index contributed by atoms with van der Waals surface area (Å²) in [7, 11) is 0. The number of carboxylic acid groups (broad SMARTS) is 1. The normalized spacial score (nSPS) is 9.50. The molecule has 1 N–H and O–H groups in total. The topological polar surface area (TPSA) is 37.3 Å². The Kier molecular flexibility index (Phi) is 10.5. The van der Waals surface area contributed by atoms with Gasteiger partial charge < -0.3 is 5.11 Å². The van der Waals surface area contributed by atoms with E-state index < -0.39 is 5.97 Å². The Hall–Kier alpha value is -2.09. The molecule has 0 aliphatic heterocycles. The summed E-state index contributed by atoms with van der Waals surface area (Å²) in [5, 5.41) is 7.72. The van der Waals surface area contributed by atoms with E-state index in [1.165, 1.54) is 22.3 Å². The maximum atomic E-state index is 9.37. The maximum absolute atomic E-state index is 9.37. The molecule has 120 valence electrons. The Balaban J connectivity index is 0.000000420. The Bertz CT molecular complexity index is 516. The van der Waals surface area contributed by atoms with Crippen LogP contribution < -0.4 is 0 Å². The van der Waals surface area contributed by atoms with Crippen LogP contribution in [-0.2, 0) is 11.2 Å². The second-order valence-electron chi connectivity index (χ2n) is 4.24. The molecular formula is C20H28O2. The fraction of sp³-hybridized carbons (Fsp3) is 0.350. The highest BCUT2D eigenvalue weighted by atomic mass is 16.4. The van der Waals surface area contributed by atoms with Gasteiger partial charge in [0.25, 0.3) is 0 Å². The monoisotopic (exact) mass is 300 g/mol. The third kappa shape index (κ3) is 5.72. The lowest BCUT2D eigenvalue weighted by Crippen LogP contribution is -1.86. The summed E-state index contributed by atoms with van der Waals surface area (Å²) in [4.78, 5) is 9.37. The molecule has 0 atom stereocenters. The lowest BCUT2D eigenvalue weighted by atomic mass is 10.1. The van der Waals surface area contributed by atoms with Crippen LogP contribution >= 0.6 is 0 Å². The summed E-state index contributed by atoms with van der Waals surface area (Å²) >= 11 is 0. The lowest BCUT2D eigenvalue weighted by molar-refractivity contribution is -0.136. The molecule has 0 amide bonds. The zero-order valence-corrected chi connectivity index (χ0v) is 14.4. The molecule has 22 heavy (non-hydrogen) atoms. The van der Waals surface area contributed by atoms with Gasteiger partial charge in [-0.15, -0.1) is 0 Å². The molecule has 0 bridgehead atoms. The van der Waals surface area contributed by atoms with Crippen molar-refractivity contribution in [3.8, 4) is 11.1 Å². The second-order valence-corrected chi connectivity index (χ2v) is 4.24. The summed E-state index contributed by atoms with van der Waals surface area (Å²) in [6.45, 7) is 9.60. The number of aliphatic carboxylic acids is 1. The molecule has 0 spiro atoms. The molecule has 0 saturated carbocycles. The van der Waals surface area contributed by atoms with Crippen molar-refractivity contribution in [2.75, 3.05) is 0 Å². The first kappa shape index (κ1) is 19.9. The van der Waals surface area contributed by atoms with Crippen molar-refractivity contribution < 1.29 is 9.90 Å². The lowest BCUT2D eigenvalue weighted by Gasteiger charge is -1.98. The summed E-state index contributed by atoms with van der Waals surface area (Å²) in [6.07, 6.45) is 1.33. The highest BCUT2D eigenvalue weighted by Gasteiger charge is 2.15. The first-order valence-electron chi connectivity index (χ1n) is 8.10. The molecule has 0 fully saturated rings. The summed E-state index contributed by atoms with van der Waals surface area (Å²) in [5.74, 6) is -0.745.